The molecule has 1 fully saturated rings. The number of carboxylic acid groups (broad SMARTS) is 1. The zero-order valence-corrected chi connectivity index (χ0v) is 15.8. The Balaban J connectivity index is 1.86. The largest absolute Gasteiger partial charge is 0.480 e. The van der Waals surface area contributed by atoms with E-state index < -0.39 is 27.4 Å². The maximum atomic E-state index is 12.7. The van der Waals surface area contributed by atoms with Crippen molar-refractivity contribution >= 4 is 27.6 Å². The maximum Gasteiger partial charge on any atom is 0.329 e. The lowest BCUT2D eigenvalue weighted by atomic mass is 9.81. The summed E-state index contributed by atoms with van der Waals surface area (Å²) in [4.78, 5) is 24.4. The minimum atomic E-state index is -3.39. The van der Waals surface area contributed by atoms with Crippen LogP contribution in [0.3, 0.4) is 0 Å². The van der Waals surface area contributed by atoms with Crippen molar-refractivity contribution in [2.24, 2.45) is 0 Å². The van der Waals surface area contributed by atoms with E-state index >= 15 is 0 Å². The summed E-state index contributed by atoms with van der Waals surface area (Å²) in [6, 6.07) is 4.65. The van der Waals surface area contributed by atoms with E-state index in [1.165, 1.54) is 10.6 Å². The fraction of sp³-hybridized carbons (Fsp3) is 0.556. The van der Waals surface area contributed by atoms with E-state index in [0.29, 0.717) is 30.5 Å². The molecule has 2 aliphatic rings. The van der Waals surface area contributed by atoms with Crippen LogP contribution >= 0.6 is 0 Å². The monoisotopic (exact) mass is 380 g/mol. The van der Waals surface area contributed by atoms with Gasteiger partial charge in [0.25, 0.3) is 5.91 Å². The summed E-state index contributed by atoms with van der Waals surface area (Å²) >= 11 is 0. The Morgan fingerprint density at radius 1 is 1.23 bits per heavy atom. The topological polar surface area (TPSA) is 104 Å². The lowest BCUT2D eigenvalue weighted by molar-refractivity contribution is -0.145. The number of hydrogen-bond donors (Lipinski definition) is 2. The number of nitrogens with zero attached hydrogens (tertiary/aromatic N) is 1. The second-order valence-corrected chi connectivity index (χ2v) is 9.22. The summed E-state index contributed by atoms with van der Waals surface area (Å²) in [5.74, 6) is -1.42. The van der Waals surface area contributed by atoms with Crippen LogP contribution in [-0.4, -0.2) is 43.2 Å². The number of rotatable bonds is 4. The van der Waals surface area contributed by atoms with E-state index in [1.54, 1.807) is 18.2 Å². The summed E-state index contributed by atoms with van der Waals surface area (Å²) in [7, 11) is -3.39. The molecule has 0 radical (unpaired) electrons. The van der Waals surface area contributed by atoms with Gasteiger partial charge in [0.15, 0.2) is 0 Å². The number of anilines is 1. The molecule has 0 bridgehead atoms. The molecule has 0 spiro atoms. The molecule has 1 aromatic rings. The number of carbonyl (C=O) groups is 2. The van der Waals surface area contributed by atoms with Crippen molar-refractivity contribution in [3.05, 3.63) is 29.3 Å². The molecule has 0 aromatic heterocycles. The third-order valence-electron chi connectivity index (χ3n) is 5.32. The molecule has 1 aliphatic heterocycles. The third-order valence-corrected chi connectivity index (χ3v) is 6.59. The smallest absolute Gasteiger partial charge is 0.329 e. The standard InChI is InChI=1S/C18H24N2O5S/c1-12-10-14-11-13(6-7-15(14)20(12)26(2,24)25)16(21)19-18(17(22)23)8-4-3-5-9-18/h6-7,11-12H,3-5,8-10H2,1-2H3,(H,19,21)(H,22,23). The predicted octanol–water partition coefficient (Wildman–Crippen LogP) is 1.91. The number of carbonyl (C=O) groups excluding carboxylic acids is 1. The SMILES string of the molecule is CC1Cc2cc(C(=O)NC3(C(=O)O)CCCCC3)ccc2N1S(C)(=O)=O. The number of fused-ring (bicyclic) bond motifs is 1. The summed E-state index contributed by atoms with van der Waals surface area (Å²) in [5.41, 5.74) is 0.517. The number of nitrogens with one attached hydrogen (secondary N) is 1. The average molecular weight is 380 g/mol. The second-order valence-electron chi connectivity index (χ2n) is 7.36. The first-order chi connectivity index (χ1) is 12.1. The zero-order chi connectivity index (χ0) is 19.1. The third kappa shape index (κ3) is 3.30. The van der Waals surface area contributed by atoms with Crippen LogP contribution in [0.15, 0.2) is 18.2 Å². The summed E-state index contributed by atoms with van der Waals surface area (Å²) < 4.78 is 25.3. The van der Waals surface area contributed by atoms with Crippen LogP contribution in [0.5, 0.6) is 0 Å². The van der Waals surface area contributed by atoms with Crippen molar-refractivity contribution in [3.8, 4) is 0 Å². The Morgan fingerprint density at radius 3 is 2.46 bits per heavy atom. The molecule has 0 saturated heterocycles. The maximum absolute atomic E-state index is 12.7. The highest BCUT2D eigenvalue weighted by atomic mass is 32.2. The lowest BCUT2D eigenvalue weighted by Gasteiger charge is -2.34. The van der Waals surface area contributed by atoms with Crippen molar-refractivity contribution in [1.82, 2.24) is 5.32 Å². The normalized spacial score (nSPS) is 21.9. The van der Waals surface area contributed by atoms with Gasteiger partial charge in [-0.25, -0.2) is 13.2 Å². The van der Waals surface area contributed by atoms with E-state index in [-0.39, 0.29) is 6.04 Å². The van der Waals surface area contributed by atoms with Crippen LogP contribution in [0.1, 0.15) is 54.9 Å². The van der Waals surface area contributed by atoms with Crippen LogP contribution in [0.2, 0.25) is 0 Å². The molecular formula is C18H24N2O5S. The zero-order valence-electron chi connectivity index (χ0n) is 15.0. The highest BCUT2D eigenvalue weighted by Gasteiger charge is 2.41. The van der Waals surface area contributed by atoms with Gasteiger partial charge in [-0.2, -0.15) is 0 Å². The molecule has 1 aromatic carbocycles. The first kappa shape index (κ1) is 18.7. The van der Waals surface area contributed by atoms with Crippen LogP contribution in [0, 0.1) is 0 Å². The highest BCUT2D eigenvalue weighted by molar-refractivity contribution is 7.92. The molecule has 1 amide bonds. The van der Waals surface area contributed by atoms with Crippen molar-refractivity contribution in [2.75, 3.05) is 10.6 Å². The molecule has 1 unspecified atom stereocenters. The number of amides is 1. The fourth-order valence-electron chi connectivity index (χ4n) is 4.09. The summed E-state index contributed by atoms with van der Waals surface area (Å²) in [5, 5.41) is 12.3. The van der Waals surface area contributed by atoms with E-state index in [2.05, 4.69) is 5.32 Å². The first-order valence-corrected chi connectivity index (χ1v) is 10.7. The first-order valence-electron chi connectivity index (χ1n) is 8.82. The molecule has 8 heteroatoms. The van der Waals surface area contributed by atoms with Crippen LogP contribution < -0.4 is 9.62 Å². The Bertz CT molecular complexity index is 843. The quantitative estimate of drug-likeness (QED) is 0.830. The molecule has 1 heterocycles. The Morgan fingerprint density at radius 2 is 1.88 bits per heavy atom. The molecule has 142 valence electrons. The van der Waals surface area contributed by atoms with Gasteiger partial charge in [-0.1, -0.05) is 19.3 Å². The number of benzene rings is 1. The van der Waals surface area contributed by atoms with E-state index in [1.807, 2.05) is 6.92 Å². The van der Waals surface area contributed by atoms with Gasteiger partial charge >= 0.3 is 5.97 Å². The van der Waals surface area contributed by atoms with Crippen molar-refractivity contribution < 1.29 is 23.1 Å². The van der Waals surface area contributed by atoms with Gasteiger partial charge in [-0.05, 0) is 49.9 Å². The van der Waals surface area contributed by atoms with Crippen molar-refractivity contribution in [3.63, 3.8) is 0 Å². The van der Waals surface area contributed by atoms with Gasteiger partial charge in [0.1, 0.15) is 5.54 Å². The molecular weight excluding hydrogens is 356 g/mol. The number of aliphatic carboxylic acids is 1. The van der Waals surface area contributed by atoms with E-state index in [9.17, 15) is 23.1 Å². The van der Waals surface area contributed by atoms with Crippen molar-refractivity contribution in [1.29, 1.82) is 0 Å². The van der Waals surface area contributed by atoms with Gasteiger partial charge in [0.05, 0.1) is 11.9 Å². The molecule has 2 N–H and O–H groups in total. The van der Waals surface area contributed by atoms with Gasteiger partial charge in [0, 0.05) is 11.6 Å². The fourth-order valence-corrected chi connectivity index (χ4v) is 5.35. The van der Waals surface area contributed by atoms with Crippen molar-refractivity contribution in [2.45, 2.75) is 57.0 Å². The Labute approximate surface area is 153 Å². The van der Waals surface area contributed by atoms with Gasteiger partial charge in [-0.3, -0.25) is 9.10 Å². The Kier molecular flexibility index (Phi) is 4.72. The summed E-state index contributed by atoms with van der Waals surface area (Å²) in [6.07, 6.45) is 5.07. The van der Waals surface area contributed by atoms with Gasteiger partial charge in [-0.15, -0.1) is 0 Å². The number of sulfonamides is 1. The van der Waals surface area contributed by atoms with E-state index in [0.717, 1.165) is 24.8 Å². The predicted molar refractivity (Wildman–Crippen MR) is 97.8 cm³/mol. The lowest BCUT2D eigenvalue weighted by Crippen LogP contribution is -2.55. The average Bonchev–Trinajstić information content (AvgIpc) is 2.90. The second kappa shape index (κ2) is 6.57. The number of carboxylic acids is 1. The molecule has 1 saturated carbocycles. The van der Waals surface area contributed by atoms with Crippen LogP contribution in [0.25, 0.3) is 0 Å². The van der Waals surface area contributed by atoms with Crippen LogP contribution in [-0.2, 0) is 21.2 Å². The molecule has 3 rings (SSSR count). The molecule has 7 nitrogen and oxygen atoms in total. The molecule has 26 heavy (non-hydrogen) atoms. The minimum Gasteiger partial charge on any atom is -0.480 e. The highest BCUT2D eigenvalue weighted by Crippen LogP contribution is 2.35. The Hall–Kier alpha value is -2.09. The van der Waals surface area contributed by atoms with Crippen LogP contribution in [0.4, 0.5) is 5.69 Å². The molecule has 1 aliphatic carbocycles. The summed E-state index contributed by atoms with van der Waals surface area (Å²) in [6.45, 7) is 1.82. The molecule has 1 atom stereocenters. The van der Waals surface area contributed by atoms with Gasteiger partial charge in [0.2, 0.25) is 10.0 Å². The van der Waals surface area contributed by atoms with Gasteiger partial charge < -0.3 is 10.4 Å². The number of hydrogen-bond acceptors (Lipinski definition) is 4. The van der Waals surface area contributed by atoms with E-state index in [4.69, 9.17) is 0 Å². The minimum absolute atomic E-state index is 0.206.